The zero-order valence-electron chi connectivity index (χ0n) is 41.3. The third-order valence-corrected chi connectivity index (χ3v) is 18.0. The number of benzene rings is 8. The van der Waals surface area contributed by atoms with E-state index in [4.69, 9.17) is 4.42 Å². The molecule has 0 saturated carbocycles. The fraction of sp³-hybridized carbons (Fsp3) is 0.262. The van der Waals surface area contributed by atoms with Gasteiger partial charge in [0.25, 0.3) is 0 Å². The lowest BCUT2D eigenvalue weighted by molar-refractivity contribution is 0.332. The van der Waals surface area contributed by atoms with E-state index in [1.807, 2.05) is 0 Å². The first kappa shape index (κ1) is 41.2. The summed E-state index contributed by atoms with van der Waals surface area (Å²) in [5, 5.41) is 6.48. The van der Waals surface area contributed by atoms with Crippen LogP contribution in [0.2, 0.25) is 0 Å². The minimum absolute atomic E-state index is 0.00309. The molecular weight excluding hydrogens is 836 g/mol. The van der Waals surface area contributed by atoms with Crippen LogP contribution in [0.3, 0.4) is 0 Å². The van der Waals surface area contributed by atoms with E-state index in [-0.39, 0.29) is 21.7 Å². The Kier molecular flexibility index (Phi) is 8.20. The van der Waals surface area contributed by atoms with Crippen LogP contribution >= 0.6 is 0 Å². The summed E-state index contributed by atoms with van der Waals surface area (Å²) in [6, 6.07) is 58.2. The maximum absolute atomic E-state index is 7.24. The standard InChI is InChI=1S/C65H59BN2O/c1-61(2)30-31-62(3,4)49-34-38(28-29-46(49)61)67-53-37-51-50(63(5,6)32-33-64(51,7)8)35-43(53)57-58-55(36-42-41-20-11-16-27-56(41)69-60(42)57)68-54-26-15-14-23-47(54)65(48-24-17-25-52(66-58)59(48)68)44-21-12-9-18-39(44)40-19-10-13-22-45(40)65/h9-29,34-37,66-67H,30-33H2,1-8H3. The van der Waals surface area contributed by atoms with Gasteiger partial charge in [-0.05, 0) is 151 Å². The third-order valence-electron chi connectivity index (χ3n) is 18.0. The van der Waals surface area contributed by atoms with Gasteiger partial charge in [0.1, 0.15) is 11.2 Å². The molecule has 0 unspecified atom stereocenters. The monoisotopic (exact) mass is 894 g/mol. The number of furan rings is 1. The Morgan fingerprint density at radius 1 is 0.464 bits per heavy atom. The van der Waals surface area contributed by atoms with Crippen molar-refractivity contribution >= 4 is 68.6 Å². The first-order chi connectivity index (χ1) is 33.2. The molecule has 0 atom stereocenters. The fourth-order valence-electron chi connectivity index (χ4n) is 14.1. The first-order valence-electron chi connectivity index (χ1n) is 25.5. The Labute approximate surface area is 407 Å². The highest BCUT2D eigenvalue weighted by Gasteiger charge is 2.53. The second-order valence-corrected chi connectivity index (χ2v) is 23.8. The van der Waals surface area contributed by atoms with E-state index in [2.05, 4.69) is 217 Å². The topological polar surface area (TPSA) is 28.4 Å². The number of anilines is 5. The number of hydrogen-bond acceptors (Lipinski definition) is 3. The van der Waals surface area contributed by atoms with Crippen LogP contribution in [0.5, 0.6) is 0 Å². The molecule has 4 heteroatoms. The van der Waals surface area contributed by atoms with Crippen LogP contribution in [0.25, 0.3) is 44.2 Å². The van der Waals surface area contributed by atoms with E-state index in [0.717, 1.165) is 53.4 Å². The molecule has 3 heterocycles. The molecule has 0 amide bonds. The second kappa shape index (κ2) is 13.7. The molecule has 3 aliphatic carbocycles. The van der Waals surface area contributed by atoms with Crippen LogP contribution in [0.4, 0.5) is 28.4 Å². The lowest BCUT2D eigenvalue weighted by atomic mass is 9.54. The molecule has 1 N–H and O–H groups in total. The average Bonchev–Trinajstić information content (AvgIpc) is 3.86. The predicted molar refractivity (Wildman–Crippen MR) is 291 cm³/mol. The molecular formula is C65H59BN2O. The molecule has 0 radical (unpaired) electrons. The second-order valence-electron chi connectivity index (χ2n) is 23.8. The minimum Gasteiger partial charge on any atom is -0.455 e. The highest BCUT2D eigenvalue weighted by molar-refractivity contribution is 6.74. The van der Waals surface area contributed by atoms with Crippen LogP contribution in [-0.2, 0) is 27.1 Å². The van der Waals surface area contributed by atoms with Crippen LogP contribution in [0.15, 0.2) is 156 Å². The van der Waals surface area contributed by atoms with Gasteiger partial charge in [-0.25, -0.2) is 0 Å². The lowest BCUT2D eigenvalue weighted by Gasteiger charge is -2.48. The van der Waals surface area contributed by atoms with Crippen molar-refractivity contribution in [2.75, 3.05) is 10.2 Å². The van der Waals surface area contributed by atoms with Crippen molar-refractivity contribution in [2.45, 2.75) is 108 Å². The average molecular weight is 895 g/mol. The van der Waals surface area contributed by atoms with E-state index < -0.39 is 5.41 Å². The van der Waals surface area contributed by atoms with Crippen molar-refractivity contribution < 1.29 is 4.42 Å². The summed E-state index contributed by atoms with van der Waals surface area (Å²) >= 11 is 0. The van der Waals surface area contributed by atoms with E-state index in [1.54, 1.807) is 0 Å². The van der Waals surface area contributed by atoms with Gasteiger partial charge in [0.15, 0.2) is 7.28 Å². The lowest BCUT2D eigenvalue weighted by Crippen LogP contribution is -2.47. The molecule has 338 valence electrons. The number of nitrogens with one attached hydrogen (secondary N) is 1. The van der Waals surface area contributed by atoms with Crippen molar-refractivity contribution in [2.24, 2.45) is 0 Å². The Bertz CT molecular complexity index is 3670. The summed E-state index contributed by atoms with van der Waals surface area (Å²) in [4.78, 5) is 2.64. The predicted octanol–water partition coefficient (Wildman–Crippen LogP) is 15.5. The normalized spacial score (nSPS) is 18.6. The van der Waals surface area contributed by atoms with Crippen molar-refractivity contribution in [1.29, 1.82) is 0 Å². The molecule has 5 aliphatic rings. The van der Waals surface area contributed by atoms with E-state index >= 15 is 0 Å². The van der Waals surface area contributed by atoms with Crippen LogP contribution < -0.4 is 21.1 Å². The van der Waals surface area contributed by atoms with E-state index in [9.17, 15) is 0 Å². The fourth-order valence-corrected chi connectivity index (χ4v) is 14.1. The third kappa shape index (κ3) is 5.47. The maximum atomic E-state index is 7.24. The molecule has 1 spiro atoms. The molecule has 69 heavy (non-hydrogen) atoms. The van der Waals surface area contributed by atoms with Crippen molar-refractivity contribution in [3.05, 3.63) is 196 Å². The van der Waals surface area contributed by atoms with Gasteiger partial charge in [-0.2, -0.15) is 0 Å². The van der Waals surface area contributed by atoms with Crippen LogP contribution in [0.1, 0.15) is 126 Å². The summed E-state index contributed by atoms with van der Waals surface area (Å²) in [7, 11) is 0.770. The SMILES string of the molecule is CC1(C)CCC(C)(C)c2cc(Nc3cc4c(cc3-c3c5c(cc6c3oc3ccccc36)N3c6ccccc6C6(c7ccccc7-c7ccccc76)c6cccc(c63)B5)C(C)(C)CCC4(C)C)ccc21. The molecule has 0 bridgehead atoms. The zero-order valence-corrected chi connectivity index (χ0v) is 41.3. The molecule has 0 fully saturated rings. The Hall–Kier alpha value is -6.78. The molecule has 14 rings (SSSR count). The van der Waals surface area contributed by atoms with E-state index in [1.165, 1.54) is 108 Å². The van der Waals surface area contributed by atoms with Gasteiger partial charge in [-0.3, -0.25) is 0 Å². The molecule has 1 aromatic heterocycles. The number of fused-ring (bicyclic) bond motifs is 16. The summed E-state index contributed by atoms with van der Waals surface area (Å²) in [6.45, 7) is 19.5. The summed E-state index contributed by atoms with van der Waals surface area (Å²) in [6.07, 6.45) is 4.65. The van der Waals surface area contributed by atoms with E-state index in [0.29, 0.717) is 0 Å². The van der Waals surface area contributed by atoms with Gasteiger partial charge >= 0.3 is 0 Å². The quantitative estimate of drug-likeness (QED) is 0.179. The molecule has 8 aromatic carbocycles. The number of hydrogen-bond donors (Lipinski definition) is 1. The molecule has 2 aliphatic heterocycles. The maximum Gasteiger partial charge on any atom is 0.198 e. The van der Waals surface area contributed by atoms with Crippen molar-refractivity contribution in [1.82, 2.24) is 0 Å². The highest BCUT2D eigenvalue weighted by atomic mass is 16.3. The summed E-state index contributed by atoms with van der Waals surface area (Å²) < 4.78 is 7.24. The van der Waals surface area contributed by atoms with Gasteiger partial charge in [-0.1, -0.05) is 170 Å². The molecule has 0 saturated heterocycles. The number of para-hydroxylation sites is 3. The van der Waals surface area contributed by atoms with Crippen LogP contribution in [0, 0.1) is 0 Å². The summed E-state index contributed by atoms with van der Waals surface area (Å²) in [5.41, 5.74) is 26.6. The van der Waals surface area contributed by atoms with Gasteiger partial charge in [0.2, 0.25) is 0 Å². The highest BCUT2D eigenvalue weighted by Crippen LogP contribution is 2.64. The number of rotatable bonds is 3. The van der Waals surface area contributed by atoms with Gasteiger partial charge < -0.3 is 14.6 Å². The molecule has 9 aromatic rings. The van der Waals surface area contributed by atoms with Crippen LogP contribution in [-0.4, -0.2) is 7.28 Å². The Morgan fingerprint density at radius 3 is 1.75 bits per heavy atom. The number of nitrogens with zero attached hydrogens (tertiary/aromatic N) is 1. The first-order valence-corrected chi connectivity index (χ1v) is 25.5. The Morgan fingerprint density at radius 2 is 1.04 bits per heavy atom. The van der Waals surface area contributed by atoms with Crippen molar-refractivity contribution in [3.63, 3.8) is 0 Å². The smallest absolute Gasteiger partial charge is 0.198 e. The Balaban J connectivity index is 1.07. The van der Waals surface area contributed by atoms with Gasteiger partial charge in [0.05, 0.1) is 11.1 Å². The largest absolute Gasteiger partial charge is 0.455 e. The summed E-state index contributed by atoms with van der Waals surface area (Å²) in [5.74, 6) is 0. The van der Waals surface area contributed by atoms with Gasteiger partial charge in [0, 0.05) is 44.6 Å². The van der Waals surface area contributed by atoms with Crippen molar-refractivity contribution in [3.8, 4) is 22.3 Å². The minimum atomic E-state index is -0.467. The molecule has 3 nitrogen and oxygen atoms in total. The van der Waals surface area contributed by atoms with Gasteiger partial charge in [-0.15, -0.1) is 0 Å². The zero-order chi connectivity index (χ0) is 47.0.